The fourth-order valence-corrected chi connectivity index (χ4v) is 2.03. The van der Waals surface area contributed by atoms with Crippen LogP contribution in [0.25, 0.3) is 0 Å². The van der Waals surface area contributed by atoms with Crippen LogP contribution in [-0.2, 0) is 4.74 Å². The average molecular weight is 264 g/mol. The zero-order valence-electron chi connectivity index (χ0n) is 11.1. The van der Waals surface area contributed by atoms with Gasteiger partial charge in [0.15, 0.2) is 0 Å². The predicted octanol–water partition coefficient (Wildman–Crippen LogP) is 0.114. The summed E-state index contributed by atoms with van der Waals surface area (Å²) in [7, 11) is 0. The largest absolute Gasteiger partial charge is 0.384 e. The molecule has 1 saturated heterocycles. The first kappa shape index (κ1) is 13.8. The van der Waals surface area contributed by atoms with Gasteiger partial charge in [0.25, 0.3) is 5.91 Å². The molecule has 0 aliphatic carbocycles. The van der Waals surface area contributed by atoms with Gasteiger partial charge in [0.1, 0.15) is 5.82 Å². The number of aromatic nitrogens is 1. The van der Waals surface area contributed by atoms with E-state index in [4.69, 9.17) is 10.5 Å². The lowest BCUT2D eigenvalue weighted by Gasteiger charge is -2.32. The summed E-state index contributed by atoms with van der Waals surface area (Å²) < 4.78 is 5.31. The second-order valence-electron chi connectivity index (χ2n) is 4.68. The SMILES string of the molecule is CC(CNC(=O)c1ccc(N)nc1)N1CCOCC1. The van der Waals surface area contributed by atoms with Crippen LogP contribution in [0.4, 0.5) is 5.82 Å². The zero-order chi connectivity index (χ0) is 13.7. The summed E-state index contributed by atoms with van der Waals surface area (Å²) >= 11 is 0. The third-order valence-electron chi connectivity index (χ3n) is 3.28. The monoisotopic (exact) mass is 264 g/mol. The Kier molecular flexibility index (Phi) is 4.70. The summed E-state index contributed by atoms with van der Waals surface area (Å²) in [6.45, 7) is 6.08. The first-order chi connectivity index (χ1) is 9.16. The van der Waals surface area contributed by atoms with Crippen LogP contribution in [0.3, 0.4) is 0 Å². The summed E-state index contributed by atoms with van der Waals surface area (Å²) in [6.07, 6.45) is 1.49. The van der Waals surface area contributed by atoms with Gasteiger partial charge in [-0.1, -0.05) is 0 Å². The molecular weight excluding hydrogens is 244 g/mol. The number of nitrogen functional groups attached to an aromatic ring is 1. The Labute approximate surface area is 112 Å². The molecule has 19 heavy (non-hydrogen) atoms. The number of carbonyl (C=O) groups excluding carboxylic acids is 1. The minimum Gasteiger partial charge on any atom is -0.384 e. The summed E-state index contributed by atoms with van der Waals surface area (Å²) in [4.78, 5) is 18.1. The van der Waals surface area contributed by atoms with E-state index in [1.807, 2.05) is 0 Å². The lowest BCUT2D eigenvalue weighted by Crippen LogP contribution is -2.47. The van der Waals surface area contributed by atoms with E-state index in [1.54, 1.807) is 12.1 Å². The fraction of sp³-hybridized carbons (Fsp3) is 0.538. The second-order valence-corrected chi connectivity index (χ2v) is 4.68. The Balaban J connectivity index is 1.81. The van der Waals surface area contributed by atoms with Gasteiger partial charge in [-0.3, -0.25) is 9.69 Å². The van der Waals surface area contributed by atoms with Crippen LogP contribution in [0.5, 0.6) is 0 Å². The summed E-state index contributed by atoms with van der Waals surface area (Å²) in [5.74, 6) is 0.297. The van der Waals surface area contributed by atoms with Crippen molar-refractivity contribution in [3.63, 3.8) is 0 Å². The van der Waals surface area contributed by atoms with E-state index in [9.17, 15) is 4.79 Å². The molecule has 2 heterocycles. The molecule has 104 valence electrons. The number of amides is 1. The molecule has 0 saturated carbocycles. The molecule has 1 aromatic rings. The third-order valence-corrected chi connectivity index (χ3v) is 3.28. The van der Waals surface area contributed by atoms with Crippen LogP contribution in [-0.4, -0.2) is 54.7 Å². The molecule has 1 unspecified atom stereocenters. The van der Waals surface area contributed by atoms with Crippen LogP contribution in [0.15, 0.2) is 18.3 Å². The molecular formula is C13H20N4O2. The van der Waals surface area contributed by atoms with Crippen LogP contribution < -0.4 is 11.1 Å². The van der Waals surface area contributed by atoms with Crippen LogP contribution in [0, 0.1) is 0 Å². The lowest BCUT2D eigenvalue weighted by molar-refractivity contribution is 0.0204. The standard InChI is InChI=1S/C13H20N4O2/c1-10(17-4-6-19-7-5-17)8-16-13(18)11-2-3-12(14)15-9-11/h2-3,9-10H,4-8H2,1H3,(H2,14,15)(H,16,18). The van der Waals surface area contributed by atoms with Gasteiger partial charge in [0.2, 0.25) is 0 Å². The van der Waals surface area contributed by atoms with Crippen molar-refractivity contribution in [1.29, 1.82) is 0 Å². The van der Waals surface area contributed by atoms with Gasteiger partial charge in [0, 0.05) is 31.9 Å². The number of rotatable bonds is 4. The number of nitrogens with two attached hydrogens (primary N) is 1. The van der Waals surface area contributed by atoms with E-state index >= 15 is 0 Å². The number of hydrogen-bond acceptors (Lipinski definition) is 5. The van der Waals surface area contributed by atoms with Crippen LogP contribution in [0.2, 0.25) is 0 Å². The minimum atomic E-state index is -0.118. The van der Waals surface area contributed by atoms with E-state index in [0.29, 0.717) is 24.0 Å². The first-order valence-electron chi connectivity index (χ1n) is 6.48. The molecule has 1 aliphatic heterocycles. The number of pyridine rings is 1. The number of ether oxygens (including phenoxy) is 1. The topological polar surface area (TPSA) is 80.5 Å². The van der Waals surface area contributed by atoms with Gasteiger partial charge in [-0.05, 0) is 19.1 Å². The Bertz CT molecular complexity index is 415. The molecule has 0 aromatic carbocycles. The molecule has 1 fully saturated rings. The molecule has 0 radical (unpaired) electrons. The van der Waals surface area contributed by atoms with Crippen molar-refractivity contribution >= 4 is 11.7 Å². The van der Waals surface area contributed by atoms with Gasteiger partial charge in [-0.2, -0.15) is 0 Å². The quantitative estimate of drug-likeness (QED) is 0.807. The smallest absolute Gasteiger partial charge is 0.252 e. The second kappa shape index (κ2) is 6.49. The average Bonchev–Trinajstić information content (AvgIpc) is 2.46. The van der Waals surface area contributed by atoms with E-state index in [0.717, 1.165) is 26.3 Å². The maximum absolute atomic E-state index is 11.9. The zero-order valence-corrected chi connectivity index (χ0v) is 11.1. The highest BCUT2D eigenvalue weighted by molar-refractivity contribution is 5.94. The van der Waals surface area contributed by atoms with Crippen molar-refractivity contribution in [2.45, 2.75) is 13.0 Å². The molecule has 0 bridgehead atoms. The van der Waals surface area contributed by atoms with E-state index in [1.165, 1.54) is 6.20 Å². The summed E-state index contributed by atoms with van der Waals surface area (Å²) in [5, 5.41) is 2.91. The molecule has 3 N–H and O–H groups in total. The molecule has 1 aromatic heterocycles. The van der Waals surface area contributed by atoms with Gasteiger partial charge in [-0.15, -0.1) is 0 Å². The molecule has 0 spiro atoms. The van der Waals surface area contributed by atoms with E-state index in [-0.39, 0.29) is 5.91 Å². The molecule has 6 nitrogen and oxygen atoms in total. The van der Waals surface area contributed by atoms with Gasteiger partial charge < -0.3 is 15.8 Å². The van der Waals surface area contributed by atoms with E-state index in [2.05, 4.69) is 22.1 Å². The van der Waals surface area contributed by atoms with Crippen molar-refractivity contribution in [1.82, 2.24) is 15.2 Å². The van der Waals surface area contributed by atoms with Crippen molar-refractivity contribution in [2.75, 3.05) is 38.6 Å². The lowest BCUT2D eigenvalue weighted by atomic mass is 10.2. The Hall–Kier alpha value is -1.66. The van der Waals surface area contributed by atoms with Gasteiger partial charge in [-0.25, -0.2) is 4.98 Å². The molecule has 2 rings (SSSR count). The predicted molar refractivity (Wildman–Crippen MR) is 72.8 cm³/mol. The number of morpholine rings is 1. The Morgan fingerprint density at radius 2 is 2.26 bits per heavy atom. The summed E-state index contributed by atoms with van der Waals surface area (Å²) in [6, 6.07) is 3.60. The number of nitrogens with one attached hydrogen (secondary N) is 1. The Morgan fingerprint density at radius 1 is 1.53 bits per heavy atom. The fourth-order valence-electron chi connectivity index (χ4n) is 2.03. The molecule has 1 aliphatic rings. The highest BCUT2D eigenvalue weighted by Gasteiger charge is 2.17. The number of anilines is 1. The maximum Gasteiger partial charge on any atom is 0.252 e. The number of hydrogen-bond donors (Lipinski definition) is 2. The number of carbonyl (C=O) groups is 1. The van der Waals surface area contributed by atoms with Crippen molar-refractivity contribution in [3.8, 4) is 0 Å². The number of nitrogens with zero attached hydrogens (tertiary/aromatic N) is 2. The summed E-state index contributed by atoms with van der Waals surface area (Å²) in [5.41, 5.74) is 6.02. The van der Waals surface area contributed by atoms with Crippen LogP contribution in [0.1, 0.15) is 17.3 Å². The Morgan fingerprint density at radius 3 is 2.89 bits per heavy atom. The van der Waals surface area contributed by atoms with Gasteiger partial charge in [0.05, 0.1) is 18.8 Å². The first-order valence-corrected chi connectivity index (χ1v) is 6.48. The third kappa shape index (κ3) is 3.90. The molecule has 1 atom stereocenters. The highest BCUT2D eigenvalue weighted by Crippen LogP contribution is 2.04. The minimum absolute atomic E-state index is 0.118. The van der Waals surface area contributed by atoms with Crippen molar-refractivity contribution in [2.24, 2.45) is 0 Å². The highest BCUT2D eigenvalue weighted by atomic mass is 16.5. The van der Waals surface area contributed by atoms with Crippen molar-refractivity contribution in [3.05, 3.63) is 23.9 Å². The molecule has 6 heteroatoms. The molecule has 1 amide bonds. The normalized spacial score (nSPS) is 17.9. The van der Waals surface area contributed by atoms with Crippen molar-refractivity contribution < 1.29 is 9.53 Å². The maximum atomic E-state index is 11.9. The van der Waals surface area contributed by atoms with Gasteiger partial charge >= 0.3 is 0 Å². The van der Waals surface area contributed by atoms with Crippen LogP contribution >= 0.6 is 0 Å². The van der Waals surface area contributed by atoms with E-state index < -0.39 is 0 Å².